The van der Waals surface area contributed by atoms with Crippen LogP contribution in [0.4, 0.5) is 0 Å². The third kappa shape index (κ3) is 3.03. The minimum atomic E-state index is -0.304. The third-order valence-corrected chi connectivity index (χ3v) is 4.10. The molecule has 1 fully saturated rings. The predicted molar refractivity (Wildman–Crippen MR) is 82.6 cm³/mol. The first-order valence-corrected chi connectivity index (χ1v) is 7.85. The van der Waals surface area contributed by atoms with E-state index in [-0.39, 0.29) is 12.6 Å². The fourth-order valence-corrected chi connectivity index (χ4v) is 2.52. The number of aromatic nitrogens is 3. The topological polar surface area (TPSA) is 57.0 Å². The molecule has 0 aromatic carbocycles. The Hall–Kier alpha value is -2.17. The highest BCUT2D eigenvalue weighted by atomic mass is 16.5. The first-order valence-electron chi connectivity index (χ1n) is 7.85. The van der Waals surface area contributed by atoms with E-state index in [9.17, 15) is 4.79 Å². The molecule has 0 saturated heterocycles. The van der Waals surface area contributed by atoms with Gasteiger partial charge in [-0.1, -0.05) is 13.0 Å². The fourth-order valence-electron chi connectivity index (χ4n) is 2.52. The number of carbonyl (C=O) groups excluding carboxylic acids is 1. The molecule has 22 heavy (non-hydrogen) atoms. The van der Waals surface area contributed by atoms with Gasteiger partial charge in [0.1, 0.15) is 12.2 Å². The standard InChI is InChI=1S/C17H21N3O2/c1-3-12(2)20-16(13-7-8-13)15(10-19-20)17(21)22-11-14-6-4-5-9-18-14/h4-6,9-10,12-13H,3,7-8,11H2,1-2H3/t12-/m1/s1. The van der Waals surface area contributed by atoms with Gasteiger partial charge in [0.15, 0.2) is 0 Å². The molecule has 116 valence electrons. The Morgan fingerprint density at radius 1 is 1.45 bits per heavy atom. The summed E-state index contributed by atoms with van der Waals surface area (Å²) in [4.78, 5) is 16.6. The quantitative estimate of drug-likeness (QED) is 0.766. The zero-order valence-electron chi connectivity index (χ0n) is 13.0. The summed E-state index contributed by atoms with van der Waals surface area (Å²) in [5.41, 5.74) is 2.40. The van der Waals surface area contributed by atoms with Gasteiger partial charge in [0.05, 0.1) is 17.6 Å². The fraction of sp³-hybridized carbons (Fsp3) is 0.471. The van der Waals surface area contributed by atoms with Gasteiger partial charge in [-0.25, -0.2) is 4.79 Å². The Balaban J connectivity index is 1.76. The highest BCUT2D eigenvalue weighted by Crippen LogP contribution is 2.42. The highest BCUT2D eigenvalue weighted by molar-refractivity contribution is 5.90. The van der Waals surface area contributed by atoms with Crippen molar-refractivity contribution in [3.63, 3.8) is 0 Å². The molecule has 1 saturated carbocycles. The van der Waals surface area contributed by atoms with Crippen molar-refractivity contribution in [2.24, 2.45) is 0 Å². The number of hydrogen-bond acceptors (Lipinski definition) is 4. The number of pyridine rings is 1. The zero-order valence-corrected chi connectivity index (χ0v) is 13.0. The smallest absolute Gasteiger partial charge is 0.342 e. The van der Waals surface area contributed by atoms with Crippen LogP contribution in [-0.2, 0) is 11.3 Å². The number of rotatable bonds is 6. The van der Waals surface area contributed by atoms with Crippen molar-refractivity contribution in [1.82, 2.24) is 14.8 Å². The van der Waals surface area contributed by atoms with Crippen LogP contribution in [0, 0.1) is 0 Å². The van der Waals surface area contributed by atoms with Crippen LogP contribution in [-0.4, -0.2) is 20.7 Å². The first-order chi connectivity index (χ1) is 10.7. The Morgan fingerprint density at radius 3 is 2.91 bits per heavy atom. The molecule has 2 aromatic rings. The third-order valence-electron chi connectivity index (χ3n) is 4.10. The van der Waals surface area contributed by atoms with Crippen molar-refractivity contribution in [3.05, 3.63) is 47.5 Å². The lowest BCUT2D eigenvalue weighted by atomic mass is 10.1. The summed E-state index contributed by atoms with van der Waals surface area (Å²) in [7, 11) is 0. The minimum absolute atomic E-state index is 0.193. The van der Waals surface area contributed by atoms with E-state index in [0.717, 1.165) is 30.7 Å². The lowest BCUT2D eigenvalue weighted by Crippen LogP contribution is -2.13. The van der Waals surface area contributed by atoms with Gasteiger partial charge >= 0.3 is 5.97 Å². The van der Waals surface area contributed by atoms with Crippen molar-refractivity contribution < 1.29 is 9.53 Å². The van der Waals surface area contributed by atoms with Gasteiger partial charge in [0.25, 0.3) is 0 Å². The second-order valence-electron chi connectivity index (χ2n) is 5.82. The normalized spacial score (nSPS) is 15.5. The van der Waals surface area contributed by atoms with Crippen LogP contribution in [0.3, 0.4) is 0 Å². The van der Waals surface area contributed by atoms with Crippen molar-refractivity contribution in [3.8, 4) is 0 Å². The van der Waals surface area contributed by atoms with Crippen LogP contribution in [0.25, 0.3) is 0 Å². The zero-order chi connectivity index (χ0) is 15.5. The molecule has 0 N–H and O–H groups in total. The lowest BCUT2D eigenvalue weighted by Gasteiger charge is -2.14. The summed E-state index contributed by atoms with van der Waals surface area (Å²) in [6.07, 6.45) is 6.59. The van der Waals surface area contributed by atoms with E-state index in [4.69, 9.17) is 4.74 Å². The summed E-state index contributed by atoms with van der Waals surface area (Å²) < 4.78 is 7.40. The number of nitrogens with zero attached hydrogens (tertiary/aromatic N) is 3. The van der Waals surface area contributed by atoms with Gasteiger partial charge < -0.3 is 4.74 Å². The summed E-state index contributed by atoms with van der Waals surface area (Å²) in [5, 5.41) is 4.42. The van der Waals surface area contributed by atoms with Gasteiger partial charge in [0.2, 0.25) is 0 Å². The average molecular weight is 299 g/mol. The summed E-state index contributed by atoms with van der Waals surface area (Å²) in [6, 6.07) is 5.87. The maximum atomic E-state index is 12.4. The van der Waals surface area contributed by atoms with Crippen molar-refractivity contribution in [2.45, 2.75) is 51.7 Å². The van der Waals surface area contributed by atoms with Crippen LogP contribution < -0.4 is 0 Å². The molecule has 2 heterocycles. The average Bonchev–Trinajstić information content (AvgIpc) is 3.31. The van der Waals surface area contributed by atoms with Crippen molar-refractivity contribution >= 4 is 5.97 Å². The number of ether oxygens (including phenoxy) is 1. The van der Waals surface area contributed by atoms with E-state index in [0.29, 0.717) is 17.5 Å². The minimum Gasteiger partial charge on any atom is -0.455 e. The Kier molecular flexibility index (Phi) is 4.22. The van der Waals surface area contributed by atoms with Gasteiger partial charge in [-0.3, -0.25) is 9.67 Å². The van der Waals surface area contributed by atoms with Crippen LogP contribution >= 0.6 is 0 Å². The first kappa shape index (κ1) is 14.8. The molecule has 0 bridgehead atoms. The molecule has 2 aromatic heterocycles. The largest absolute Gasteiger partial charge is 0.455 e. The van der Waals surface area contributed by atoms with Gasteiger partial charge in [-0.15, -0.1) is 0 Å². The molecular weight excluding hydrogens is 278 g/mol. The highest BCUT2D eigenvalue weighted by Gasteiger charge is 2.33. The van der Waals surface area contributed by atoms with Crippen LogP contribution in [0.15, 0.2) is 30.6 Å². The number of hydrogen-bond donors (Lipinski definition) is 0. The SMILES string of the molecule is CC[C@@H](C)n1ncc(C(=O)OCc2ccccn2)c1C1CC1. The van der Waals surface area contributed by atoms with E-state index in [1.54, 1.807) is 12.4 Å². The van der Waals surface area contributed by atoms with Crippen molar-refractivity contribution in [2.75, 3.05) is 0 Å². The lowest BCUT2D eigenvalue weighted by molar-refractivity contribution is 0.0466. The van der Waals surface area contributed by atoms with E-state index >= 15 is 0 Å². The van der Waals surface area contributed by atoms with E-state index in [2.05, 4.69) is 23.9 Å². The Bertz CT molecular complexity index is 647. The summed E-state index contributed by atoms with van der Waals surface area (Å²) in [5.74, 6) is 0.149. The molecule has 0 amide bonds. The van der Waals surface area contributed by atoms with E-state index in [1.165, 1.54) is 0 Å². The number of esters is 1. The van der Waals surface area contributed by atoms with Gasteiger partial charge in [0, 0.05) is 18.2 Å². The molecule has 0 radical (unpaired) electrons. The van der Waals surface area contributed by atoms with Crippen LogP contribution in [0.2, 0.25) is 0 Å². The molecule has 0 aliphatic heterocycles. The molecule has 3 rings (SSSR count). The second kappa shape index (κ2) is 6.30. The second-order valence-corrected chi connectivity index (χ2v) is 5.82. The summed E-state index contributed by atoms with van der Waals surface area (Å²) >= 11 is 0. The molecule has 1 aliphatic rings. The Labute approximate surface area is 130 Å². The Morgan fingerprint density at radius 2 is 2.27 bits per heavy atom. The molecule has 1 aliphatic carbocycles. The van der Waals surface area contributed by atoms with Crippen LogP contribution in [0.5, 0.6) is 0 Å². The molecule has 5 nitrogen and oxygen atoms in total. The molecule has 0 unspecified atom stereocenters. The maximum absolute atomic E-state index is 12.4. The maximum Gasteiger partial charge on any atom is 0.342 e. The van der Waals surface area contributed by atoms with Gasteiger partial charge in [-0.05, 0) is 38.3 Å². The molecule has 0 spiro atoms. The predicted octanol–water partition coefficient (Wildman–Crippen LogP) is 3.48. The van der Waals surface area contributed by atoms with Crippen LogP contribution in [0.1, 0.15) is 66.8 Å². The van der Waals surface area contributed by atoms with Crippen molar-refractivity contribution in [1.29, 1.82) is 0 Å². The number of carbonyl (C=O) groups is 1. The summed E-state index contributed by atoms with van der Waals surface area (Å²) in [6.45, 7) is 4.45. The molecule has 5 heteroatoms. The monoisotopic (exact) mass is 299 g/mol. The molecular formula is C17H21N3O2. The van der Waals surface area contributed by atoms with Gasteiger partial charge in [-0.2, -0.15) is 5.10 Å². The molecule has 1 atom stereocenters. The van der Waals surface area contributed by atoms with E-state index < -0.39 is 0 Å². The van der Waals surface area contributed by atoms with E-state index in [1.807, 2.05) is 22.9 Å².